The van der Waals surface area contributed by atoms with Crippen molar-refractivity contribution in [2.75, 3.05) is 0 Å². The van der Waals surface area contributed by atoms with Crippen LogP contribution in [0.15, 0.2) is 0 Å². The van der Waals surface area contributed by atoms with E-state index in [-0.39, 0.29) is 124 Å². The van der Waals surface area contributed by atoms with Gasteiger partial charge in [0.2, 0.25) is 0 Å². The first kappa shape index (κ1) is 30.4. The van der Waals surface area contributed by atoms with Crippen molar-refractivity contribution in [2.45, 2.75) is 0 Å². The van der Waals surface area contributed by atoms with E-state index in [0.717, 1.165) is 0 Å². The van der Waals surface area contributed by atoms with Crippen molar-refractivity contribution in [3.05, 3.63) is 0 Å². The molecule has 0 aliphatic heterocycles. The molecule has 0 heterocycles. The van der Waals surface area contributed by atoms with Gasteiger partial charge in [-0.25, -0.2) is 0 Å². The maximum absolute atomic E-state index is 8.33. The van der Waals surface area contributed by atoms with E-state index < -0.39 is 6.16 Å². The van der Waals surface area contributed by atoms with E-state index in [1.165, 1.54) is 0 Å². The number of hydrogen-bond donors (Lipinski definition) is 0. The zero-order chi connectivity index (χ0) is 3.58. The molecule has 0 spiro atoms. The molecule has 0 atom stereocenters. The van der Waals surface area contributed by atoms with Crippen molar-refractivity contribution in [3.63, 3.8) is 0 Å². The molecule has 0 bridgehead atoms. The molecule has 0 aromatic rings. The van der Waals surface area contributed by atoms with E-state index in [1.54, 1.807) is 0 Å². The van der Waals surface area contributed by atoms with Gasteiger partial charge < -0.3 is 20.5 Å². The molecule has 1 N–H and O–H groups in total. The third kappa shape index (κ3) is 61.2. The van der Waals surface area contributed by atoms with Crippen LogP contribution < -0.4 is 10.2 Å². The van der Waals surface area contributed by atoms with Gasteiger partial charge in [0.05, 0.1) is 0 Å². The summed E-state index contributed by atoms with van der Waals surface area (Å²) >= 11 is 0. The summed E-state index contributed by atoms with van der Waals surface area (Å²) in [6, 6.07) is 0. The molecule has 0 aliphatic rings. The second-order valence-corrected chi connectivity index (χ2v) is 0.250. The molecule has 0 aromatic carbocycles. The van der Waals surface area contributed by atoms with Crippen LogP contribution >= 0.6 is 0 Å². The van der Waals surface area contributed by atoms with Crippen LogP contribution in [0.4, 0.5) is 4.79 Å². The molecule has 0 rings (SSSR count). The van der Waals surface area contributed by atoms with Gasteiger partial charge in [-0.05, 0) is 6.16 Å². The van der Waals surface area contributed by atoms with Crippen molar-refractivity contribution >= 4 is 6.16 Å². The molecule has 0 fully saturated rings. The maximum atomic E-state index is 8.33. The molecular weight excluding hydrogens is 499 g/mol. The molecule has 0 unspecified atom stereocenters. The number of carbonyl (C=O) groups excluding carboxylic acids is 1. The van der Waals surface area contributed by atoms with Crippen molar-refractivity contribution in [1.82, 2.24) is 0 Å². The van der Waals surface area contributed by atoms with Gasteiger partial charge in [-0.3, -0.25) is 0 Å². The minimum absolute atomic E-state index is 0. The van der Waals surface area contributed by atoms with E-state index >= 15 is 0 Å². The Hall–Kier alpha value is 3.15. The molecule has 0 amide bonds. The third-order valence-electron chi connectivity index (χ3n) is 0. The normalized spacial score (nSPS) is 3.00. The predicted molar refractivity (Wildman–Crippen MR) is 7.33 cm³/mol. The Morgan fingerprint density at radius 2 is 1.25 bits per heavy atom. The van der Waals surface area contributed by atoms with Crippen LogP contribution in [0.2, 0.25) is 0 Å². The minimum atomic E-state index is -2.33. The van der Waals surface area contributed by atoms with Crippen molar-refractivity contribution < 1.29 is 139 Å². The number of carbonyl (C=O) groups is 1. The zero-order valence-electron chi connectivity index (χ0n) is 3.75. The smallest absolute Gasteiger partial charge is 0.870 e. The number of hydrogen-bond acceptors (Lipinski definition) is 4. The molecule has 34 valence electrons. The van der Waals surface area contributed by atoms with Crippen molar-refractivity contribution in [3.8, 4) is 0 Å². The van der Waals surface area contributed by atoms with Crippen LogP contribution in [0, 0.1) is 118 Å². The summed E-state index contributed by atoms with van der Waals surface area (Å²) < 4.78 is 0. The Balaban J connectivity index is -0.00000000750. The van der Waals surface area contributed by atoms with Gasteiger partial charge in [-0.15, -0.1) is 0 Å². The Labute approximate surface area is 141 Å². The topological polar surface area (TPSA) is 93.2 Å². The molecule has 0 saturated carbocycles. The summed E-state index contributed by atoms with van der Waals surface area (Å²) in [6.07, 6.45) is -2.33. The van der Waals surface area contributed by atoms with Crippen LogP contribution in [0.5, 0.6) is 0 Å². The summed E-state index contributed by atoms with van der Waals surface area (Å²) in [5, 5.41) is 16.7. The quantitative estimate of drug-likeness (QED) is 0.364. The summed E-state index contributed by atoms with van der Waals surface area (Å²) in [7, 11) is 0. The van der Waals surface area contributed by atoms with E-state index in [0.29, 0.717) is 0 Å². The summed E-state index contributed by atoms with van der Waals surface area (Å²) in [5.41, 5.74) is 0. The van der Waals surface area contributed by atoms with Gasteiger partial charge >= 0.3 is 118 Å². The SMILES string of the molecule is O=C([O-])[O-].[Ce+3].[La+3].[Nd+3].[OH-]. The first-order valence-corrected chi connectivity index (χ1v) is 0.612. The average Bonchev–Trinajstić information content (AvgIpc) is 0.811. The summed E-state index contributed by atoms with van der Waals surface area (Å²) in [5.74, 6) is 0. The first-order valence-electron chi connectivity index (χ1n) is 0.612. The predicted octanol–water partition coefficient (Wildman–Crippen LogP) is -2.62. The van der Waals surface area contributed by atoms with Crippen LogP contribution in [-0.4, -0.2) is 11.6 Å². The van der Waals surface area contributed by atoms with Gasteiger partial charge in [0.1, 0.15) is 0 Å². The summed E-state index contributed by atoms with van der Waals surface area (Å²) in [6.45, 7) is 0. The Bertz CT molecular complexity index is 39.0. The zero-order valence-corrected chi connectivity index (χ0v) is 13.7. The second-order valence-electron chi connectivity index (χ2n) is 0.250. The number of rotatable bonds is 0. The molecule has 0 aromatic heterocycles. The Kier molecular flexibility index (Phi) is 85.3. The molecule has 4 nitrogen and oxygen atoms in total. The van der Waals surface area contributed by atoms with Crippen LogP contribution in [0.1, 0.15) is 0 Å². The fourth-order valence-corrected chi connectivity index (χ4v) is 0. The average molecular weight is 500 g/mol. The first-order chi connectivity index (χ1) is 1.73. The van der Waals surface area contributed by atoms with Crippen LogP contribution in [-0.2, 0) is 0 Å². The van der Waals surface area contributed by atoms with Crippen molar-refractivity contribution in [2.24, 2.45) is 0 Å². The molecule has 7 heteroatoms. The fraction of sp³-hybridized carbons (Fsp3) is 0. The molecule has 0 saturated heterocycles. The maximum Gasteiger partial charge on any atom is 3.00 e. The van der Waals surface area contributed by atoms with E-state index in [4.69, 9.17) is 15.0 Å². The van der Waals surface area contributed by atoms with Crippen LogP contribution in [0.3, 0.4) is 0 Å². The van der Waals surface area contributed by atoms with Gasteiger partial charge in [0.15, 0.2) is 0 Å². The number of carboxylic acid groups (broad SMARTS) is 2. The van der Waals surface area contributed by atoms with Crippen LogP contribution in [0.25, 0.3) is 0 Å². The minimum Gasteiger partial charge on any atom is -0.870 e. The Morgan fingerprint density at radius 3 is 1.25 bits per heavy atom. The molecule has 2 radical (unpaired) electrons. The summed E-state index contributed by atoms with van der Waals surface area (Å²) in [4.78, 5) is 8.33. The standard InChI is InChI=1S/CH2O3.Ce.La.Nd.H2O/c2-1(3)4;;;;/h(H2,2,3,4);;;;1H2/q;3*+3;/p-3. The van der Waals surface area contributed by atoms with Gasteiger partial charge in [-0.2, -0.15) is 0 Å². The molecular formula is CHCeLaNdO4+6. The van der Waals surface area contributed by atoms with Gasteiger partial charge in [0, 0.05) is 0 Å². The molecule has 0 aliphatic carbocycles. The van der Waals surface area contributed by atoms with Crippen molar-refractivity contribution in [1.29, 1.82) is 0 Å². The Morgan fingerprint density at radius 1 is 1.25 bits per heavy atom. The van der Waals surface area contributed by atoms with Gasteiger partial charge in [0.25, 0.3) is 0 Å². The fourth-order valence-electron chi connectivity index (χ4n) is 0. The van der Waals surface area contributed by atoms with E-state index in [2.05, 4.69) is 0 Å². The largest absolute Gasteiger partial charge is 3.00 e. The third-order valence-corrected chi connectivity index (χ3v) is 0. The van der Waals surface area contributed by atoms with E-state index in [1.807, 2.05) is 0 Å². The van der Waals surface area contributed by atoms with Gasteiger partial charge in [-0.1, -0.05) is 0 Å². The molecule has 8 heavy (non-hydrogen) atoms. The van der Waals surface area contributed by atoms with E-state index in [9.17, 15) is 0 Å². The monoisotopic (exact) mass is 498 g/mol. The second kappa shape index (κ2) is 22.5.